The fourth-order valence-electron chi connectivity index (χ4n) is 3.10. The SMILES string of the molecule is CCOC(=O)c1coc(OC2CC(C)CC(C)(C)C2)n1. The molecule has 112 valence electrons. The van der Waals surface area contributed by atoms with Gasteiger partial charge < -0.3 is 13.9 Å². The molecule has 1 fully saturated rings. The van der Waals surface area contributed by atoms with Crippen molar-refractivity contribution in [3.05, 3.63) is 12.0 Å². The van der Waals surface area contributed by atoms with Crippen LogP contribution >= 0.6 is 0 Å². The summed E-state index contributed by atoms with van der Waals surface area (Å²) in [6.07, 6.45) is 4.68. The zero-order valence-corrected chi connectivity index (χ0v) is 12.6. The van der Waals surface area contributed by atoms with Crippen LogP contribution in [0.25, 0.3) is 0 Å². The lowest BCUT2D eigenvalue weighted by molar-refractivity contribution is 0.0362. The lowest BCUT2D eigenvalue weighted by Crippen LogP contribution is -2.34. The summed E-state index contributed by atoms with van der Waals surface area (Å²) < 4.78 is 15.9. The van der Waals surface area contributed by atoms with Gasteiger partial charge in [0.2, 0.25) is 0 Å². The second kappa shape index (κ2) is 5.85. The molecule has 5 heteroatoms. The zero-order valence-electron chi connectivity index (χ0n) is 12.6. The van der Waals surface area contributed by atoms with E-state index in [4.69, 9.17) is 13.9 Å². The molecule has 0 saturated heterocycles. The normalized spacial score (nSPS) is 25.2. The van der Waals surface area contributed by atoms with Gasteiger partial charge in [0, 0.05) is 0 Å². The fourth-order valence-corrected chi connectivity index (χ4v) is 3.10. The predicted octanol–water partition coefficient (Wildman–Crippen LogP) is 3.44. The molecule has 0 amide bonds. The Morgan fingerprint density at radius 3 is 2.90 bits per heavy atom. The minimum Gasteiger partial charge on any atom is -0.461 e. The van der Waals surface area contributed by atoms with Crippen molar-refractivity contribution in [3.8, 4) is 6.08 Å². The van der Waals surface area contributed by atoms with Crippen molar-refractivity contribution < 1.29 is 18.7 Å². The molecule has 1 aliphatic rings. The number of oxazole rings is 1. The van der Waals surface area contributed by atoms with Gasteiger partial charge in [-0.05, 0) is 37.5 Å². The molecule has 5 nitrogen and oxygen atoms in total. The molecular formula is C15H23NO4. The van der Waals surface area contributed by atoms with E-state index >= 15 is 0 Å². The largest absolute Gasteiger partial charge is 0.461 e. The molecule has 0 aliphatic heterocycles. The third-order valence-electron chi connectivity index (χ3n) is 3.58. The summed E-state index contributed by atoms with van der Waals surface area (Å²) in [6, 6.07) is 0. The molecule has 0 N–H and O–H groups in total. The molecule has 0 aromatic carbocycles. The van der Waals surface area contributed by atoms with Crippen LogP contribution in [0.1, 0.15) is 57.4 Å². The standard InChI is InChI=1S/C15H23NO4/c1-5-18-13(17)12-9-19-14(16-12)20-11-6-10(2)7-15(3,4)8-11/h9-11H,5-8H2,1-4H3. The molecule has 2 atom stereocenters. The van der Waals surface area contributed by atoms with Gasteiger partial charge in [-0.2, -0.15) is 4.98 Å². The Morgan fingerprint density at radius 2 is 2.25 bits per heavy atom. The van der Waals surface area contributed by atoms with E-state index in [1.807, 2.05) is 0 Å². The first-order valence-corrected chi connectivity index (χ1v) is 7.19. The van der Waals surface area contributed by atoms with E-state index < -0.39 is 5.97 Å². The Kier molecular flexibility index (Phi) is 4.35. The Bertz CT molecular complexity index is 466. The van der Waals surface area contributed by atoms with Crippen LogP contribution in [-0.4, -0.2) is 23.7 Å². The first kappa shape index (κ1) is 14.9. The lowest BCUT2D eigenvalue weighted by Gasteiger charge is -2.38. The Balaban J connectivity index is 1.98. The van der Waals surface area contributed by atoms with Gasteiger partial charge in [-0.1, -0.05) is 20.8 Å². The summed E-state index contributed by atoms with van der Waals surface area (Å²) in [5, 5.41) is 0. The molecule has 1 heterocycles. The predicted molar refractivity (Wildman–Crippen MR) is 73.7 cm³/mol. The van der Waals surface area contributed by atoms with Gasteiger partial charge in [0.25, 0.3) is 0 Å². The maximum atomic E-state index is 11.5. The number of rotatable bonds is 4. The van der Waals surface area contributed by atoms with Gasteiger partial charge in [-0.15, -0.1) is 0 Å². The highest BCUT2D eigenvalue weighted by Crippen LogP contribution is 2.39. The average Bonchev–Trinajstić information content (AvgIpc) is 2.75. The molecule has 1 aromatic rings. The van der Waals surface area contributed by atoms with Crippen LogP contribution in [0, 0.1) is 11.3 Å². The average molecular weight is 281 g/mol. The number of hydrogen-bond donors (Lipinski definition) is 0. The molecular weight excluding hydrogens is 258 g/mol. The van der Waals surface area contributed by atoms with Crippen LogP contribution in [0.4, 0.5) is 0 Å². The van der Waals surface area contributed by atoms with E-state index in [-0.39, 0.29) is 23.3 Å². The lowest BCUT2D eigenvalue weighted by atomic mass is 9.71. The summed E-state index contributed by atoms with van der Waals surface area (Å²) in [6.45, 7) is 8.80. The highest BCUT2D eigenvalue weighted by atomic mass is 16.6. The van der Waals surface area contributed by atoms with Crippen molar-refractivity contribution in [1.82, 2.24) is 4.98 Å². The fraction of sp³-hybridized carbons (Fsp3) is 0.733. The van der Waals surface area contributed by atoms with Crippen LogP contribution in [0.15, 0.2) is 10.7 Å². The first-order chi connectivity index (χ1) is 9.39. The van der Waals surface area contributed by atoms with Crippen molar-refractivity contribution in [2.75, 3.05) is 6.61 Å². The molecule has 2 unspecified atom stereocenters. The van der Waals surface area contributed by atoms with Gasteiger partial charge in [-0.25, -0.2) is 4.79 Å². The number of aromatic nitrogens is 1. The maximum Gasteiger partial charge on any atom is 0.394 e. The smallest absolute Gasteiger partial charge is 0.394 e. The number of ether oxygens (including phenoxy) is 2. The zero-order chi connectivity index (χ0) is 14.8. The van der Waals surface area contributed by atoms with Crippen molar-refractivity contribution in [1.29, 1.82) is 0 Å². The van der Waals surface area contributed by atoms with Crippen LogP contribution in [0.3, 0.4) is 0 Å². The van der Waals surface area contributed by atoms with Crippen LogP contribution in [0.5, 0.6) is 6.08 Å². The Labute approximate surface area is 119 Å². The number of carbonyl (C=O) groups excluding carboxylic acids is 1. The highest BCUT2D eigenvalue weighted by molar-refractivity contribution is 5.86. The summed E-state index contributed by atoms with van der Waals surface area (Å²) in [5.74, 6) is 0.131. The van der Waals surface area contributed by atoms with Crippen LogP contribution in [-0.2, 0) is 4.74 Å². The van der Waals surface area contributed by atoms with Gasteiger partial charge in [0.15, 0.2) is 5.69 Å². The van der Waals surface area contributed by atoms with E-state index in [2.05, 4.69) is 25.8 Å². The summed E-state index contributed by atoms with van der Waals surface area (Å²) in [5.41, 5.74) is 0.420. The summed E-state index contributed by atoms with van der Waals surface area (Å²) >= 11 is 0. The van der Waals surface area contributed by atoms with Gasteiger partial charge in [-0.3, -0.25) is 0 Å². The molecule has 1 aromatic heterocycles. The van der Waals surface area contributed by atoms with Crippen molar-refractivity contribution >= 4 is 5.97 Å². The molecule has 0 radical (unpaired) electrons. The van der Waals surface area contributed by atoms with Crippen LogP contribution in [0.2, 0.25) is 0 Å². The van der Waals surface area contributed by atoms with Crippen molar-refractivity contribution in [3.63, 3.8) is 0 Å². The second-order valence-corrected chi connectivity index (χ2v) is 6.37. The third-order valence-corrected chi connectivity index (χ3v) is 3.58. The molecule has 1 saturated carbocycles. The minimum absolute atomic E-state index is 0.0856. The first-order valence-electron chi connectivity index (χ1n) is 7.19. The van der Waals surface area contributed by atoms with Gasteiger partial charge in [0.1, 0.15) is 12.4 Å². The quantitative estimate of drug-likeness (QED) is 0.791. The maximum absolute atomic E-state index is 11.5. The van der Waals surface area contributed by atoms with E-state index in [0.717, 1.165) is 12.8 Å². The Hall–Kier alpha value is -1.52. The van der Waals surface area contributed by atoms with Gasteiger partial charge in [0.05, 0.1) is 6.61 Å². The number of carbonyl (C=O) groups is 1. The second-order valence-electron chi connectivity index (χ2n) is 6.37. The van der Waals surface area contributed by atoms with E-state index in [9.17, 15) is 4.79 Å². The summed E-state index contributed by atoms with van der Waals surface area (Å²) in [4.78, 5) is 15.5. The molecule has 20 heavy (non-hydrogen) atoms. The number of hydrogen-bond acceptors (Lipinski definition) is 5. The topological polar surface area (TPSA) is 61.6 Å². The van der Waals surface area contributed by atoms with E-state index in [1.165, 1.54) is 12.7 Å². The highest BCUT2D eigenvalue weighted by Gasteiger charge is 2.34. The molecule has 2 rings (SSSR count). The summed E-state index contributed by atoms with van der Waals surface area (Å²) in [7, 11) is 0. The molecule has 0 spiro atoms. The third kappa shape index (κ3) is 3.74. The van der Waals surface area contributed by atoms with Crippen molar-refractivity contribution in [2.45, 2.75) is 53.1 Å². The minimum atomic E-state index is -0.483. The van der Waals surface area contributed by atoms with Crippen LogP contribution < -0.4 is 4.74 Å². The monoisotopic (exact) mass is 281 g/mol. The van der Waals surface area contributed by atoms with Crippen molar-refractivity contribution in [2.24, 2.45) is 11.3 Å². The number of esters is 1. The van der Waals surface area contributed by atoms with Gasteiger partial charge >= 0.3 is 12.0 Å². The van der Waals surface area contributed by atoms with E-state index in [0.29, 0.717) is 12.5 Å². The Morgan fingerprint density at radius 1 is 1.50 bits per heavy atom. The molecule has 0 bridgehead atoms. The molecule has 1 aliphatic carbocycles. The van der Waals surface area contributed by atoms with E-state index in [1.54, 1.807) is 6.92 Å². The number of nitrogens with zero attached hydrogens (tertiary/aromatic N) is 1.